The molecule has 29 heavy (non-hydrogen) atoms. The molecule has 0 bridgehead atoms. The number of piperazine rings is 1. The third-order valence-corrected chi connectivity index (χ3v) is 8.10. The summed E-state index contributed by atoms with van der Waals surface area (Å²) in [7, 11) is -3.24. The van der Waals surface area contributed by atoms with Gasteiger partial charge in [0.1, 0.15) is 0 Å². The van der Waals surface area contributed by atoms with E-state index < -0.39 is 26.4 Å². The Morgan fingerprint density at radius 1 is 1.07 bits per heavy atom. The van der Waals surface area contributed by atoms with Crippen molar-refractivity contribution >= 4 is 27.3 Å². The van der Waals surface area contributed by atoms with Gasteiger partial charge in [-0.15, -0.1) is 0 Å². The molecule has 160 valence electrons. The summed E-state index contributed by atoms with van der Waals surface area (Å²) in [5, 5.41) is 2.54. The predicted octanol–water partition coefficient (Wildman–Crippen LogP) is 1.33. The lowest BCUT2D eigenvalue weighted by Gasteiger charge is -2.38. The van der Waals surface area contributed by atoms with E-state index in [1.165, 1.54) is 17.5 Å². The number of amides is 2. The van der Waals surface area contributed by atoms with Gasteiger partial charge in [-0.1, -0.05) is 39.0 Å². The van der Waals surface area contributed by atoms with Crippen LogP contribution in [-0.4, -0.2) is 68.9 Å². The standard InChI is InChI=1S/C21H31N3O4S/c1-20(2,3)16-7-5-6-8-17(16)23-11-13-24(14-12-23)19(26)18(25)22-15-21(9-10-21)29(4,27)28/h5-8H,9-15H2,1-4H3,(H,22,25). The number of nitrogens with one attached hydrogen (secondary N) is 1. The molecule has 1 saturated carbocycles. The highest BCUT2D eigenvalue weighted by Gasteiger charge is 2.52. The van der Waals surface area contributed by atoms with Crippen LogP contribution in [0.3, 0.4) is 0 Å². The number of hydrogen-bond donors (Lipinski definition) is 1. The van der Waals surface area contributed by atoms with Gasteiger partial charge in [-0.05, 0) is 29.9 Å². The Morgan fingerprint density at radius 2 is 1.66 bits per heavy atom. The van der Waals surface area contributed by atoms with Crippen molar-refractivity contribution in [2.24, 2.45) is 0 Å². The molecule has 1 aliphatic heterocycles. The largest absolute Gasteiger partial charge is 0.368 e. The van der Waals surface area contributed by atoms with Gasteiger partial charge < -0.3 is 15.1 Å². The van der Waals surface area contributed by atoms with Crippen molar-refractivity contribution in [3.8, 4) is 0 Å². The molecule has 0 aromatic heterocycles. The molecule has 1 heterocycles. The first-order valence-corrected chi connectivity index (χ1v) is 11.9. The Bertz CT molecular complexity index is 893. The monoisotopic (exact) mass is 421 g/mol. The van der Waals surface area contributed by atoms with Crippen molar-refractivity contribution in [1.29, 1.82) is 0 Å². The van der Waals surface area contributed by atoms with E-state index in [-0.39, 0.29) is 12.0 Å². The molecular formula is C21H31N3O4S. The second-order valence-electron chi connectivity index (χ2n) is 9.18. The van der Waals surface area contributed by atoms with E-state index in [1.54, 1.807) is 4.90 Å². The third kappa shape index (κ3) is 4.57. The average Bonchev–Trinajstić information content (AvgIpc) is 3.46. The summed E-state index contributed by atoms with van der Waals surface area (Å²) in [5.41, 5.74) is 2.44. The van der Waals surface area contributed by atoms with Crippen LogP contribution in [0, 0.1) is 0 Å². The lowest BCUT2D eigenvalue weighted by Crippen LogP contribution is -2.53. The van der Waals surface area contributed by atoms with Gasteiger partial charge in [0, 0.05) is 44.7 Å². The van der Waals surface area contributed by atoms with Crippen LogP contribution >= 0.6 is 0 Å². The number of carbonyl (C=O) groups is 2. The van der Waals surface area contributed by atoms with Crippen molar-refractivity contribution in [2.75, 3.05) is 43.9 Å². The average molecular weight is 422 g/mol. The molecule has 0 unspecified atom stereocenters. The Labute approximate surface area is 173 Å². The predicted molar refractivity (Wildman–Crippen MR) is 114 cm³/mol. The van der Waals surface area contributed by atoms with Crippen molar-refractivity contribution in [2.45, 2.75) is 43.8 Å². The second kappa shape index (κ2) is 7.63. The van der Waals surface area contributed by atoms with Gasteiger partial charge in [0.2, 0.25) is 0 Å². The summed E-state index contributed by atoms with van der Waals surface area (Å²) in [4.78, 5) is 28.6. The van der Waals surface area contributed by atoms with Crippen LogP contribution in [0.1, 0.15) is 39.2 Å². The van der Waals surface area contributed by atoms with Crippen LogP contribution in [0.25, 0.3) is 0 Å². The van der Waals surface area contributed by atoms with Crippen LogP contribution in [0.5, 0.6) is 0 Å². The van der Waals surface area contributed by atoms with Gasteiger partial charge >= 0.3 is 11.8 Å². The number of carbonyl (C=O) groups excluding carboxylic acids is 2. The van der Waals surface area contributed by atoms with Crippen molar-refractivity contribution in [3.63, 3.8) is 0 Å². The highest BCUT2D eigenvalue weighted by molar-refractivity contribution is 7.92. The first-order valence-electron chi connectivity index (χ1n) is 10.1. The fraction of sp³-hybridized carbons (Fsp3) is 0.619. The number of hydrogen-bond acceptors (Lipinski definition) is 5. The first-order chi connectivity index (χ1) is 13.4. The summed E-state index contributed by atoms with van der Waals surface area (Å²) in [5.74, 6) is -1.30. The van der Waals surface area contributed by atoms with Gasteiger partial charge in [-0.3, -0.25) is 9.59 Å². The van der Waals surface area contributed by atoms with Crippen LogP contribution in [0.15, 0.2) is 24.3 Å². The van der Waals surface area contributed by atoms with Crippen LogP contribution in [0.2, 0.25) is 0 Å². The molecule has 8 heteroatoms. The molecule has 0 radical (unpaired) electrons. The minimum absolute atomic E-state index is 0.00926. The summed E-state index contributed by atoms with van der Waals surface area (Å²) in [6, 6.07) is 8.29. The number of nitrogens with zero attached hydrogens (tertiary/aromatic N) is 2. The Balaban J connectivity index is 1.57. The first kappa shape index (κ1) is 21.6. The Hall–Kier alpha value is -2.09. The number of anilines is 1. The quantitative estimate of drug-likeness (QED) is 0.741. The van der Waals surface area contributed by atoms with Crippen molar-refractivity contribution in [1.82, 2.24) is 10.2 Å². The summed E-state index contributed by atoms with van der Waals surface area (Å²) < 4.78 is 22.8. The molecule has 1 aromatic rings. The topological polar surface area (TPSA) is 86.8 Å². The highest BCUT2D eigenvalue weighted by Crippen LogP contribution is 2.42. The minimum Gasteiger partial charge on any atom is -0.368 e. The molecule has 2 fully saturated rings. The van der Waals surface area contributed by atoms with E-state index >= 15 is 0 Å². The lowest BCUT2D eigenvalue weighted by atomic mass is 9.85. The van der Waals surface area contributed by atoms with Crippen LogP contribution in [-0.2, 0) is 24.8 Å². The van der Waals surface area contributed by atoms with Gasteiger partial charge in [0.25, 0.3) is 0 Å². The smallest absolute Gasteiger partial charge is 0.312 e. The molecular weight excluding hydrogens is 390 g/mol. The van der Waals surface area contributed by atoms with Gasteiger partial charge in [-0.2, -0.15) is 0 Å². The third-order valence-electron chi connectivity index (χ3n) is 5.98. The molecule has 1 N–H and O–H groups in total. The van der Waals surface area contributed by atoms with E-state index in [0.29, 0.717) is 39.0 Å². The molecule has 2 aliphatic rings. The van der Waals surface area contributed by atoms with E-state index in [4.69, 9.17) is 0 Å². The SMILES string of the molecule is CC(C)(C)c1ccccc1N1CCN(C(=O)C(=O)NCC2(S(C)(=O)=O)CC2)CC1. The molecule has 3 rings (SSSR count). The molecule has 1 aliphatic carbocycles. The van der Waals surface area contributed by atoms with Crippen molar-refractivity contribution in [3.05, 3.63) is 29.8 Å². The number of sulfone groups is 1. The maximum atomic E-state index is 12.5. The van der Waals surface area contributed by atoms with E-state index in [9.17, 15) is 18.0 Å². The van der Waals surface area contributed by atoms with Crippen LogP contribution < -0.4 is 10.2 Å². The minimum atomic E-state index is -3.24. The summed E-state index contributed by atoms with van der Waals surface area (Å²) >= 11 is 0. The molecule has 1 saturated heterocycles. The fourth-order valence-electron chi connectivity index (χ4n) is 3.81. The zero-order valence-electron chi connectivity index (χ0n) is 17.7. The Morgan fingerprint density at radius 3 is 2.17 bits per heavy atom. The molecule has 0 spiro atoms. The van der Waals surface area contributed by atoms with Crippen LogP contribution in [0.4, 0.5) is 5.69 Å². The number of para-hydroxylation sites is 1. The van der Waals surface area contributed by atoms with Crippen molar-refractivity contribution < 1.29 is 18.0 Å². The van der Waals surface area contributed by atoms with E-state index in [1.807, 2.05) is 12.1 Å². The molecule has 2 amide bonds. The fourth-order valence-corrected chi connectivity index (χ4v) is 4.99. The van der Waals surface area contributed by atoms with Gasteiger partial charge in [0.15, 0.2) is 9.84 Å². The van der Waals surface area contributed by atoms with Gasteiger partial charge in [-0.25, -0.2) is 8.42 Å². The highest BCUT2D eigenvalue weighted by atomic mass is 32.2. The van der Waals surface area contributed by atoms with E-state index in [2.05, 4.69) is 43.1 Å². The number of rotatable bonds is 4. The Kier molecular flexibility index (Phi) is 5.69. The maximum absolute atomic E-state index is 12.5. The summed E-state index contributed by atoms with van der Waals surface area (Å²) in [6.07, 6.45) is 2.25. The maximum Gasteiger partial charge on any atom is 0.312 e. The zero-order valence-corrected chi connectivity index (χ0v) is 18.5. The summed E-state index contributed by atoms with van der Waals surface area (Å²) in [6.45, 7) is 8.77. The number of benzene rings is 1. The molecule has 0 atom stereocenters. The second-order valence-corrected chi connectivity index (χ2v) is 11.6. The molecule has 1 aromatic carbocycles. The lowest BCUT2D eigenvalue weighted by molar-refractivity contribution is -0.146. The molecule has 7 nitrogen and oxygen atoms in total. The van der Waals surface area contributed by atoms with Gasteiger partial charge in [0.05, 0.1) is 4.75 Å². The normalized spacial score (nSPS) is 19.0. The zero-order chi connectivity index (χ0) is 21.4. The van der Waals surface area contributed by atoms with E-state index in [0.717, 1.165) is 0 Å².